The van der Waals surface area contributed by atoms with E-state index in [-0.39, 0.29) is 5.41 Å². The van der Waals surface area contributed by atoms with E-state index in [9.17, 15) is 5.11 Å². The molecule has 3 heteroatoms. The zero-order chi connectivity index (χ0) is 10.9. The number of nitrogens with one attached hydrogen (secondary N) is 1. The fourth-order valence-corrected chi connectivity index (χ4v) is 3.68. The zero-order valence-corrected chi connectivity index (χ0v) is 10.6. The quantitative estimate of drug-likeness (QED) is 0.755. The third-order valence-electron chi connectivity index (χ3n) is 3.83. The lowest BCUT2D eigenvalue weighted by Gasteiger charge is -2.18. The highest BCUT2D eigenvalue weighted by molar-refractivity contribution is 8.00. The Hall–Kier alpha value is 0.270. The molecular formula is C12H23NOS. The van der Waals surface area contributed by atoms with Gasteiger partial charge in [0.25, 0.3) is 0 Å². The van der Waals surface area contributed by atoms with Gasteiger partial charge >= 0.3 is 0 Å². The Morgan fingerprint density at radius 1 is 1.47 bits per heavy atom. The van der Waals surface area contributed by atoms with Gasteiger partial charge in [-0.05, 0) is 25.2 Å². The first kappa shape index (κ1) is 11.7. The van der Waals surface area contributed by atoms with E-state index >= 15 is 0 Å². The average Bonchev–Trinajstić information content (AvgIpc) is 2.85. The predicted molar refractivity (Wildman–Crippen MR) is 66.2 cm³/mol. The first-order valence-electron chi connectivity index (χ1n) is 6.11. The molecule has 88 valence electrons. The molecule has 0 aromatic carbocycles. The van der Waals surface area contributed by atoms with E-state index in [2.05, 4.69) is 30.9 Å². The van der Waals surface area contributed by atoms with E-state index in [1.807, 2.05) is 0 Å². The second kappa shape index (κ2) is 4.64. The summed E-state index contributed by atoms with van der Waals surface area (Å²) >= 11 is 2.11. The van der Waals surface area contributed by atoms with E-state index < -0.39 is 0 Å². The average molecular weight is 229 g/mol. The fourth-order valence-electron chi connectivity index (χ4n) is 2.19. The molecule has 0 spiro atoms. The van der Waals surface area contributed by atoms with Gasteiger partial charge in [0.05, 0.1) is 0 Å². The van der Waals surface area contributed by atoms with Crippen LogP contribution in [0.4, 0.5) is 0 Å². The Bertz CT molecular complexity index is 216. The zero-order valence-electron chi connectivity index (χ0n) is 9.83. The van der Waals surface area contributed by atoms with Crippen LogP contribution in [0.25, 0.3) is 0 Å². The second-order valence-electron chi connectivity index (χ2n) is 5.59. The fraction of sp³-hybridized carbons (Fsp3) is 1.00. The van der Waals surface area contributed by atoms with Crippen molar-refractivity contribution < 1.29 is 5.11 Å². The molecule has 2 fully saturated rings. The lowest BCUT2D eigenvalue weighted by Crippen LogP contribution is -2.35. The van der Waals surface area contributed by atoms with E-state index in [1.165, 1.54) is 25.0 Å². The molecule has 0 bridgehead atoms. The Balaban J connectivity index is 1.69. The largest absolute Gasteiger partial charge is 0.396 e. The molecule has 0 aromatic rings. The predicted octanol–water partition coefficient (Wildman–Crippen LogP) is 1.88. The molecule has 2 rings (SSSR count). The van der Waals surface area contributed by atoms with Gasteiger partial charge in [0.2, 0.25) is 0 Å². The molecule has 2 unspecified atom stereocenters. The Labute approximate surface area is 97.2 Å². The highest BCUT2D eigenvalue weighted by Crippen LogP contribution is 2.44. The van der Waals surface area contributed by atoms with Crippen LogP contribution in [0.15, 0.2) is 0 Å². The molecule has 2 N–H and O–H groups in total. The SMILES string of the molecule is CC(C)C1CC(NCC2(CO)CC2)CS1. The summed E-state index contributed by atoms with van der Waals surface area (Å²) in [7, 11) is 0. The summed E-state index contributed by atoms with van der Waals surface area (Å²) in [5.74, 6) is 2.05. The molecule has 2 aliphatic rings. The van der Waals surface area contributed by atoms with Crippen LogP contribution in [0.2, 0.25) is 0 Å². The molecule has 2 nitrogen and oxygen atoms in total. The summed E-state index contributed by atoms with van der Waals surface area (Å²) in [6, 6.07) is 0.687. The lowest BCUT2D eigenvalue weighted by molar-refractivity contribution is 0.204. The molecule has 1 aliphatic heterocycles. The molecule has 0 aromatic heterocycles. The Kier molecular flexibility index (Phi) is 3.63. The number of rotatable bonds is 5. The van der Waals surface area contributed by atoms with E-state index in [1.54, 1.807) is 0 Å². The van der Waals surface area contributed by atoms with Gasteiger partial charge in [0.1, 0.15) is 0 Å². The maximum absolute atomic E-state index is 9.23. The van der Waals surface area contributed by atoms with Crippen LogP contribution < -0.4 is 5.32 Å². The Morgan fingerprint density at radius 2 is 2.20 bits per heavy atom. The lowest BCUT2D eigenvalue weighted by atomic mass is 10.0. The minimum absolute atomic E-state index is 0.264. The first-order valence-corrected chi connectivity index (χ1v) is 7.16. The van der Waals surface area contributed by atoms with Crippen molar-refractivity contribution in [3.05, 3.63) is 0 Å². The topological polar surface area (TPSA) is 32.3 Å². The summed E-state index contributed by atoms with van der Waals surface area (Å²) in [6.07, 6.45) is 3.73. The van der Waals surface area contributed by atoms with Gasteiger partial charge in [0.15, 0.2) is 0 Å². The number of thioether (sulfide) groups is 1. The normalized spacial score (nSPS) is 33.6. The molecule has 1 aliphatic carbocycles. The van der Waals surface area contributed by atoms with Crippen molar-refractivity contribution in [3.8, 4) is 0 Å². The molecule has 1 heterocycles. The number of aliphatic hydroxyl groups is 1. The van der Waals surface area contributed by atoms with Crippen molar-refractivity contribution >= 4 is 11.8 Å². The maximum Gasteiger partial charge on any atom is 0.0499 e. The van der Waals surface area contributed by atoms with Crippen LogP contribution in [-0.4, -0.2) is 35.3 Å². The van der Waals surface area contributed by atoms with Gasteiger partial charge < -0.3 is 10.4 Å². The van der Waals surface area contributed by atoms with Crippen LogP contribution >= 0.6 is 11.8 Å². The summed E-state index contributed by atoms with van der Waals surface area (Å²) in [6.45, 7) is 6.03. The maximum atomic E-state index is 9.23. The summed E-state index contributed by atoms with van der Waals surface area (Å²) in [4.78, 5) is 0. The molecular weight excluding hydrogens is 206 g/mol. The van der Waals surface area contributed by atoms with Crippen molar-refractivity contribution in [2.24, 2.45) is 11.3 Å². The third kappa shape index (κ3) is 2.89. The van der Waals surface area contributed by atoms with Crippen molar-refractivity contribution in [2.45, 2.75) is 44.4 Å². The summed E-state index contributed by atoms with van der Waals surface area (Å²) in [5, 5.41) is 13.7. The van der Waals surface area contributed by atoms with Gasteiger partial charge in [0, 0.05) is 35.6 Å². The monoisotopic (exact) mass is 229 g/mol. The van der Waals surface area contributed by atoms with E-state index in [0.29, 0.717) is 12.6 Å². The van der Waals surface area contributed by atoms with Crippen molar-refractivity contribution in [1.82, 2.24) is 5.32 Å². The van der Waals surface area contributed by atoms with Crippen molar-refractivity contribution in [1.29, 1.82) is 0 Å². The van der Waals surface area contributed by atoms with Crippen LogP contribution in [-0.2, 0) is 0 Å². The molecule has 0 amide bonds. The highest BCUT2D eigenvalue weighted by Gasteiger charge is 2.42. The number of hydrogen-bond donors (Lipinski definition) is 2. The van der Waals surface area contributed by atoms with Gasteiger partial charge in [-0.25, -0.2) is 0 Å². The standard InChI is InChI=1S/C12H23NOS/c1-9(2)11-5-10(6-15-11)13-7-12(8-14)3-4-12/h9-11,13-14H,3-8H2,1-2H3. The van der Waals surface area contributed by atoms with Crippen molar-refractivity contribution in [3.63, 3.8) is 0 Å². The number of aliphatic hydroxyl groups excluding tert-OH is 1. The molecule has 0 radical (unpaired) electrons. The van der Waals surface area contributed by atoms with Gasteiger partial charge in [-0.15, -0.1) is 0 Å². The smallest absolute Gasteiger partial charge is 0.0499 e. The second-order valence-corrected chi connectivity index (χ2v) is 6.86. The van der Waals surface area contributed by atoms with Crippen LogP contribution in [0.1, 0.15) is 33.1 Å². The van der Waals surface area contributed by atoms with E-state index in [4.69, 9.17) is 0 Å². The minimum atomic E-state index is 0.264. The first-order chi connectivity index (χ1) is 7.15. The summed E-state index contributed by atoms with van der Waals surface area (Å²) in [5.41, 5.74) is 0.264. The van der Waals surface area contributed by atoms with Crippen LogP contribution in [0.5, 0.6) is 0 Å². The van der Waals surface area contributed by atoms with Gasteiger partial charge in [-0.2, -0.15) is 11.8 Å². The molecule has 1 saturated carbocycles. The van der Waals surface area contributed by atoms with Gasteiger partial charge in [-0.3, -0.25) is 0 Å². The van der Waals surface area contributed by atoms with E-state index in [0.717, 1.165) is 17.7 Å². The minimum Gasteiger partial charge on any atom is -0.396 e. The van der Waals surface area contributed by atoms with Crippen LogP contribution in [0.3, 0.4) is 0 Å². The van der Waals surface area contributed by atoms with Crippen molar-refractivity contribution in [2.75, 3.05) is 18.9 Å². The van der Waals surface area contributed by atoms with Crippen LogP contribution in [0, 0.1) is 11.3 Å². The van der Waals surface area contributed by atoms with Gasteiger partial charge in [-0.1, -0.05) is 13.8 Å². The summed E-state index contributed by atoms with van der Waals surface area (Å²) < 4.78 is 0. The number of hydrogen-bond acceptors (Lipinski definition) is 3. The molecule has 15 heavy (non-hydrogen) atoms. The Morgan fingerprint density at radius 3 is 2.67 bits per heavy atom. The molecule has 2 atom stereocenters. The molecule has 1 saturated heterocycles. The highest BCUT2D eigenvalue weighted by atomic mass is 32.2. The third-order valence-corrected chi connectivity index (χ3v) is 5.59.